The molecule has 0 radical (unpaired) electrons. The van der Waals surface area contributed by atoms with Gasteiger partial charge in [0.15, 0.2) is 4.32 Å². The predicted octanol–water partition coefficient (Wildman–Crippen LogP) is 5.25. The van der Waals surface area contributed by atoms with E-state index >= 15 is 0 Å². The van der Waals surface area contributed by atoms with E-state index in [0.717, 1.165) is 28.1 Å². The maximum atomic E-state index is 12.8. The van der Waals surface area contributed by atoms with Gasteiger partial charge in [0.1, 0.15) is 5.76 Å². The van der Waals surface area contributed by atoms with E-state index in [0.29, 0.717) is 9.23 Å². The van der Waals surface area contributed by atoms with Crippen LogP contribution in [0.2, 0.25) is 0 Å². The van der Waals surface area contributed by atoms with Crippen LogP contribution in [0.1, 0.15) is 23.8 Å². The molecule has 3 rings (SSSR count). The van der Waals surface area contributed by atoms with Crippen molar-refractivity contribution in [3.63, 3.8) is 0 Å². The lowest BCUT2D eigenvalue weighted by atomic mass is 10.1. The normalized spacial score (nSPS) is 17.2. The average Bonchev–Trinajstić information content (AvgIpc) is 3.10. The number of benzene rings is 1. The zero-order chi connectivity index (χ0) is 17.3. The summed E-state index contributed by atoms with van der Waals surface area (Å²) >= 11 is 6.76. The molecule has 0 spiro atoms. The Bertz CT molecular complexity index is 863. The van der Waals surface area contributed by atoms with Crippen LogP contribution in [0.15, 0.2) is 57.6 Å². The number of hydrogen-bond acceptors (Lipinski definition) is 4. The third-order valence-electron chi connectivity index (χ3n) is 3.66. The number of carbonyl (C=O) groups excluding carboxylic acids is 1. The molecule has 1 fully saturated rings. The summed E-state index contributed by atoms with van der Waals surface area (Å²) in [5.74, 6) is 0.678. The Kier molecular flexibility index (Phi) is 4.73. The molecule has 0 saturated carbocycles. The molecular formula is C19H17NO2S2. The molecule has 1 aromatic heterocycles. The number of hydrogen-bond donors (Lipinski definition) is 0. The Morgan fingerprint density at radius 1 is 1.29 bits per heavy atom. The molecule has 122 valence electrons. The summed E-state index contributed by atoms with van der Waals surface area (Å²) in [5.41, 5.74) is 3.98. The number of nitrogens with zero attached hydrogens (tertiary/aromatic N) is 1. The Hall–Kier alpha value is -2.11. The summed E-state index contributed by atoms with van der Waals surface area (Å²) in [6, 6.07) is 9.70. The molecule has 3 nitrogen and oxygen atoms in total. The fourth-order valence-corrected chi connectivity index (χ4v) is 3.91. The van der Waals surface area contributed by atoms with Gasteiger partial charge < -0.3 is 4.42 Å². The van der Waals surface area contributed by atoms with Gasteiger partial charge in [-0.1, -0.05) is 41.7 Å². The minimum absolute atomic E-state index is 0.0795. The van der Waals surface area contributed by atoms with Crippen molar-refractivity contribution in [3.8, 4) is 0 Å². The molecule has 1 saturated heterocycles. The van der Waals surface area contributed by atoms with Crippen molar-refractivity contribution in [2.75, 3.05) is 4.90 Å². The van der Waals surface area contributed by atoms with Crippen molar-refractivity contribution in [2.45, 2.75) is 20.8 Å². The Morgan fingerprint density at radius 3 is 2.75 bits per heavy atom. The van der Waals surface area contributed by atoms with Crippen LogP contribution in [-0.2, 0) is 4.79 Å². The van der Waals surface area contributed by atoms with Gasteiger partial charge in [-0.15, -0.1) is 0 Å². The lowest BCUT2D eigenvalue weighted by molar-refractivity contribution is -0.113. The van der Waals surface area contributed by atoms with Crippen LogP contribution in [0.25, 0.3) is 6.08 Å². The van der Waals surface area contributed by atoms with E-state index < -0.39 is 0 Å². The van der Waals surface area contributed by atoms with Gasteiger partial charge >= 0.3 is 0 Å². The van der Waals surface area contributed by atoms with E-state index in [-0.39, 0.29) is 5.91 Å². The van der Waals surface area contributed by atoms with Crippen molar-refractivity contribution in [1.82, 2.24) is 0 Å². The van der Waals surface area contributed by atoms with Gasteiger partial charge in [-0.05, 0) is 62.3 Å². The van der Waals surface area contributed by atoms with Crippen molar-refractivity contribution >= 4 is 46.0 Å². The van der Waals surface area contributed by atoms with E-state index in [2.05, 4.69) is 6.07 Å². The standard InChI is InChI=1S/C19H17NO2S2/c1-12-6-7-16(14(3)9-12)20-18(21)17(24-19(20)23)11-13(2)10-15-5-4-8-22-15/h4-11H,1-3H3/b13-10+,17-11+. The smallest absolute Gasteiger partial charge is 0.270 e. The third kappa shape index (κ3) is 3.37. The molecule has 0 unspecified atom stereocenters. The average molecular weight is 355 g/mol. The van der Waals surface area contributed by atoms with Crippen molar-refractivity contribution < 1.29 is 9.21 Å². The molecule has 0 atom stereocenters. The second kappa shape index (κ2) is 6.79. The molecular weight excluding hydrogens is 338 g/mol. The summed E-state index contributed by atoms with van der Waals surface area (Å²) in [6.07, 6.45) is 5.37. The quantitative estimate of drug-likeness (QED) is 0.556. The van der Waals surface area contributed by atoms with Gasteiger partial charge in [-0.2, -0.15) is 0 Å². The SMILES string of the molecule is CC(=C\c1ccco1)/C=C1/SC(=S)N(c2ccc(C)cc2C)C1=O. The van der Waals surface area contributed by atoms with E-state index in [4.69, 9.17) is 16.6 Å². The summed E-state index contributed by atoms with van der Waals surface area (Å²) in [5, 5.41) is 0. The van der Waals surface area contributed by atoms with Crippen LogP contribution in [0.4, 0.5) is 5.69 Å². The number of furan rings is 1. The Balaban J connectivity index is 1.90. The van der Waals surface area contributed by atoms with E-state index in [1.54, 1.807) is 11.2 Å². The number of rotatable bonds is 3. The Labute approximate surface area is 151 Å². The number of allylic oxidation sites excluding steroid dienone is 2. The second-order valence-corrected chi connectivity index (χ2v) is 7.39. The molecule has 2 aromatic rings. The lowest BCUT2D eigenvalue weighted by Crippen LogP contribution is -2.28. The number of anilines is 1. The first-order valence-corrected chi connectivity index (χ1v) is 8.75. The highest BCUT2D eigenvalue weighted by Gasteiger charge is 2.33. The van der Waals surface area contributed by atoms with Gasteiger partial charge in [0.2, 0.25) is 0 Å². The first-order valence-electron chi connectivity index (χ1n) is 7.53. The maximum absolute atomic E-state index is 12.8. The topological polar surface area (TPSA) is 33.5 Å². The van der Waals surface area contributed by atoms with Gasteiger partial charge in [-0.3, -0.25) is 9.69 Å². The molecule has 24 heavy (non-hydrogen) atoms. The number of amides is 1. The van der Waals surface area contributed by atoms with Gasteiger partial charge in [0, 0.05) is 0 Å². The highest BCUT2D eigenvalue weighted by atomic mass is 32.2. The third-order valence-corrected chi connectivity index (χ3v) is 4.96. The van der Waals surface area contributed by atoms with Gasteiger partial charge in [-0.25, -0.2) is 0 Å². The van der Waals surface area contributed by atoms with E-state index in [9.17, 15) is 4.79 Å². The number of thioether (sulfide) groups is 1. The van der Waals surface area contributed by atoms with Gasteiger partial charge in [0.25, 0.3) is 5.91 Å². The molecule has 0 N–H and O–H groups in total. The molecule has 1 aromatic carbocycles. The fraction of sp³-hybridized carbons (Fsp3) is 0.158. The summed E-state index contributed by atoms with van der Waals surface area (Å²) in [6.45, 7) is 5.96. The first-order chi connectivity index (χ1) is 11.5. The monoisotopic (exact) mass is 355 g/mol. The number of aryl methyl sites for hydroxylation is 2. The first kappa shape index (κ1) is 16.7. The van der Waals surface area contributed by atoms with E-state index in [1.165, 1.54) is 11.8 Å². The number of carbonyl (C=O) groups is 1. The van der Waals surface area contributed by atoms with Crippen LogP contribution < -0.4 is 4.90 Å². The molecule has 1 aliphatic heterocycles. The minimum Gasteiger partial charge on any atom is -0.465 e. The summed E-state index contributed by atoms with van der Waals surface area (Å²) in [7, 11) is 0. The minimum atomic E-state index is -0.0795. The van der Waals surface area contributed by atoms with Crippen molar-refractivity contribution in [2.24, 2.45) is 0 Å². The zero-order valence-electron chi connectivity index (χ0n) is 13.7. The Morgan fingerprint density at radius 2 is 2.08 bits per heavy atom. The maximum Gasteiger partial charge on any atom is 0.270 e. The summed E-state index contributed by atoms with van der Waals surface area (Å²) in [4.78, 5) is 15.0. The molecule has 5 heteroatoms. The van der Waals surface area contributed by atoms with Crippen LogP contribution in [0.5, 0.6) is 0 Å². The van der Waals surface area contributed by atoms with Crippen LogP contribution in [0.3, 0.4) is 0 Å². The van der Waals surface area contributed by atoms with Crippen molar-refractivity contribution in [3.05, 3.63) is 70.0 Å². The molecule has 0 bridgehead atoms. The van der Waals surface area contributed by atoms with Crippen LogP contribution in [0, 0.1) is 13.8 Å². The van der Waals surface area contributed by atoms with Crippen LogP contribution in [-0.4, -0.2) is 10.2 Å². The van der Waals surface area contributed by atoms with E-state index in [1.807, 2.05) is 57.2 Å². The summed E-state index contributed by atoms with van der Waals surface area (Å²) < 4.78 is 5.86. The highest BCUT2D eigenvalue weighted by Crippen LogP contribution is 2.37. The fourth-order valence-electron chi connectivity index (χ4n) is 2.58. The molecule has 2 heterocycles. The molecule has 1 amide bonds. The number of thiocarbonyl (C=S) groups is 1. The van der Waals surface area contributed by atoms with Gasteiger partial charge in [0.05, 0.1) is 16.9 Å². The highest BCUT2D eigenvalue weighted by molar-refractivity contribution is 8.27. The molecule has 0 aliphatic carbocycles. The largest absolute Gasteiger partial charge is 0.465 e. The van der Waals surface area contributed by atoms with Crippen molar-refractivity contribution in [1.29, 1.82) is 0 Å². The second-order valence-electron chi connectivity index (χ2n) is 5.71. The van der Waals surface area contributed by atoms with Crippen LogP contribution >= 0.6 is 24.0 Å². The zero-order valence-corrected chi connectivity index (χ0v) is 15.3. The predicted molar refractivity (Wildman–Crippen MR) is 104 cm³/mol. The lowest BCUT2D eigenvalue weighted by Gasteiger charge is -2.17. The molecule has 1 aliphatic rings.